The van der Waals surface area contributed by atoms with Crippen LogP contribution < -0.4 is 5.32 Å². The zero-order valence-electron chi connectivity index (χ0n) is 26.8. The standard InChI is InChI=1S/C34H34FN7O4S2/c1-18(2)23-17-48(43,44)32-29(28(34-42-41-19(3)46-34)25(40-30(23)32)5-4-20-7-10-45-11-8-20)27-13-22-6-9-37-33(31(22)47-27)39-16-21-12-24(35)26(14-36)38-15-21/h6,9,12-13,15,18,20,23H,4-5,7-8,10-11,16-17H2,1-3H3,(H,37,39)/t23-/m1/s1. The van der Waals surface area contributed by atoms with E-state index in [2.05, 4.69) is 25.5 Å². The summed E-state index contributed by atoms with van der Waals surface area (Å²) in [5.41, 5.74) is 2.74. The molecule has 0 aromatic carbocycles. The molecule has 0 bridgehead atoms. The van der Waals surface area contributed by atoms with Crippen LogP contribution in [-0.2, 0) is 27.5 Å². The summed E-state index contributed by atoms with van der Waals surface area (Å²) in [6.45, 7) is 7.47. The number of thiophene rings is 1. The topological polar surface area (TPSA) is 157 Å². The van der Waals surface area contributed by atoms with Crippen LogP contribution in [-0.4, -0.2) is 52.5 Å². The number of fused-ring (bicyclic) bond motifs is 2. The van der Waals surface area contributed by atoms with Crippen LogP contribution in [0, 0.1) is 35.9 Å². The van der Waals surface area contributed by atoms with Gasteiger partial charge in [-0.3, -0.25) is 4.98 Å². The third-order valence-electron chi connectivity index (χ3n) is 9.13. The number of hydrogen-bond donors (Lipinski definition) is 1. The molecule has 2 aliphatic heterocycles. The third-order valence-corrected chi connectivity index (χ3v) is 12.1. The number of ether oxygens (including phenoxy) is 1. The first-order valence-electron chi connectivity index (χ1n) is 16.0. The minimum Gasteiger partial charge on any atom is -0.421 e. The predicted octanol–water partition coefficient (Wildman–Crippen LogP) is 6.62. The summed E-state index contributed by atoms with van der Waals surface area (Å²) in [7, 11) is -3.72. The Morgan fingerprint density at radius 2 is 1.98 bits per heavy atom. The summed E-state index contributed by atoms with van der Waals surface area (Å²) in [5.74, 6) is 0.747. The molecule has 48 heavy (non-hydrogen) atoms. The highest BCUT2D eigenvalue weighted by Gasteiger charge is 2.43. The van der Waals surface area contributed by atoms with Gasteiger partial charge in [-0.15, -0.1) is 21.5 Å². The van der Waals surface area contributed by atoms with Crippen LogP contribution in [0.3, 0.4) is 0 Å². The number of sulfone groups is 1. The zero-order valence-corrected chi connectivity index (χ0v) is 28.4. The number of aromatic nitrogens is 5. The van der Waals surface area contributed by atoms with Gasteiger partial charge in [0.05, 0.1) is 32.3 Å². The van der Waals surface area contributed by atoms with Crippen LogP contribution in [0.2, 0.25) is 0 Å². The summed E-state index contributed by atoms with van der Waals surface area (Å²) in [4.78, 5) is 14.5. The van der Waals surface area contributed by atoms with Gasteiger partial charge in [0.1, 0.15) is 11.9 Å². The lowest BCUT2D eigenvalue weighted by Crippen LogP contribution is -2.17. The fourth-order valence-corrected chi connectivity index (χ4v) is 10.1. The monoisotopic (exact) mass is 687 g/mol. The zero-order chi connectivity index (χ0) is 33.6. The van der Waals surface area contributed by atoms with Crippen molar-refractivity contribution in [1.82, 2.24) is 25.1 Å². The van der Waals surface area contributed by atoms with E-state index in [0.29, 0.717) is 46.4 Å². The van der Waals surface area contributed by atoms with E-state index in [0.717, 1.165) is 53.1 Å². The molecule has 2 aliphatic rings. The SMILES string of the molecule is Cc1nnc(-c2c(CCC3CCOCC3)nc3c(c2-c2cc4ccnc(NCc5cnc(C#N)c(F)c5)c4s2)S(=O)(=O)C[C@@H]3C(C)C)o1. The number of hydrogen-bond acceptors (Lipinski definition) is 12. The molecule has 7 rings (SSSR count). The predicted molar refractivity (Wildman–Crippen MR) is 179 cm³/mol. The molecular weight excluding hydrogens is 654 g/mol. The first-order chi connectivity index (χ1) is 23.1. The van der Waals surface area contributed by atoms with Gasteiger partial charge < -0.3 is 14.5 Å². The van der Waals surface area contributed by atoms with Crippen LogP contribution in [0.5, 0.6) is 0 Å². The summed E-state index contributed by atoms with van der Waals surface area (Å²) < 4.78 is 54.8. The largest absolute Gasteiger partial charge is 0.421 e. The molecule has 1 N–H and O–H groups in total. The van der Waals surface area contributed by atoms with Gasteiger partial charge in [0.25, 0.3) is 0 Å². The van der Waals surface area contributed by atoms with E-state index in [9.17, 15) is 12.8 Å². The molecule has 248 valence electrons. The first kappa shape index (κ1) is 32.2. The molecule has 0 amide bonds. The fourth-order valence-electron chi connectivity index (χ4n) is 6.59. The smallest absolute Gasteiger partial charge is 0.250 e. The van der Waals surface area contributed by atoms with E-state index >= 15 is 0 Å². The Labute approximate surface area is 281 Å². The van der Waals surface area contributed by atoms with Gasteiger partial charge in [-0.05, 0) is 66.7 Å². The Morgan fingerprint density at radius 1 is 1.17 bits per heavy atom. The number of pyridine rings is 3. The summed E-state index contributed by atoms with van der Waals surface area (Å²) in [6.07, 6.45) is 6.57. The molecule has 0 spiro atoms. The summed E-state index contributed by atoms with van der Waals surface area (Å²) >= 11 is 1.41. The van der Waals surface area contributed by atoms with Crippen LogP contribution in [0.15, 0.2) is 39.9 Å². The molecule has 0 aliphatic carbocycles. The average molecular weight is 688 g/mol. The number of anilines is 1. The molecule has 5 aromatic rings. The van der Waals surface area contributed by atoms with Gasteiger partial charge in [-0.1, -0.05) is 13.8 Å². The summed E-state index contributed by atoms with van der Waals surface area (Å²) in [5, 5.41) is 21.7. The first-order valence-corrected chi connectivity index (χ1v) is 18.4. The van der Waals surface area contributed by atoms with Crippen molar-refractivity contribution in [2.45, 2.75) is 63.8 Å². The molecular formula is C34H34FN7O4S2. The van der Waals surface area contributed by atoms with Gasteiger partial charge in [-0.2, -0.15) is 5.26 Å². The van der Waals surface area contributed by atoms with Crippen molar-refractivity contribution in [2.24, 2.45) is 11.8 Å². The number of halogens is 1. The van der Waals surface area contributed by atoms with Crippen LogP contribution in [0.1, 0.15) is 67.6 Å². The quantitative estimate of drug-likeness (QED) is 0.178. The van der Waals surface area contributed by atoms with Gasteiger partial charge in [-0.25, -0.2) is 22.8 Å². The number of aryl methyl sites for hydroxylation is 2. The second-order valence-electron chi connectivity index (χ2n) is 12.7. The normalized spacial score (nSPS) is 17.5. The third kappa shape index (κ3) is 6.06. The Balaban J connectivity index is 1.39. The molecule has 1 fully saturated rings. The van der Waals surface area contributed by atoms with Crippen molar-refractivity contribution in [3.63, 3.8) is 0 Å². The highest BCUT2D eigenvalue weighted by molar-refractivity contribution is 7.92. The van der Waals surface area contributed by atoms with Crippen molar-refractivity contribution in [2.75, 3.05) is 24.3 Å². The van der Waals surface area contributed by atoms with Crippen molar-refractivity contribution in [1.29, 1.82) is 5.26 Å². The molecule has 0 saturated carbocycles. The number of nitrogens with zero attached hydrogens (tertiary/aromatic N) is 6. The molecule has 5 aromatic heterocycles. The molecule has 14 heteroatoms. The van der Waals surface area contributed by atoms with Gasteiger partial charge >= 0.3 is 0 Å². The minimum absolute atomic E-state index is 0.0137. The maximum absolute atomic E-state index is 14.2. The second kappa shape index (κ2) is 12.9. The van der Waals surface area contributed by atoms with Gasteiger partial charge in [0, 0.05) is 55.4 Å². The van der Waals surface area contributed by atoms with Crippen LogP contribution in [0.4, 0.5) is 10.2 Å². The Bertz CT molecular complexity index is 2170. The molecule has 7 heterocycles. The molecule has 0 radical (unpaired) electrons. The number of nitrogens with one attached hydrogen (secondary N) is 1. The van der Waals surface area contributed by atoms with Crippen molar-refractivity contribution < 1.29 is 22.0 Å². The lowest BCUT2D eigenvalue weighted by molar-refractivity contribution is 0.0639. The maximum atomic E-state index is 14.2. The average Bonchev–Trinajstić information content (AvgIpc) is 3.78. The van der Waals surface area contributed by atoms with E-state index in [1.165, 1.54) is 23.6 Å². The van der Waals surface area contributed by atoms with Gasteiger partial charge in [0.2, 0.25) is 11.8 Å². The number of rotatable bonds is 9. The van der Waals surface area contributed by atoms with E-state index < -0.39 is 15.7 Å². The highest BCUT2D eigenvalue weighted by Crippen LogP contribution is 2.51. The van der Waals surface area contributed by atoms with E-state index in [1.54, 1.807) is 19.2 Å². The van der Waals surface area contributed by atoms with E-state index in [4.69, 9.17) is 19.4 Å². The highest BCUT2D eigenvalue weighted by atomic mass is 32.2. The minimum atomic E-state index is -3.72. The van der Waals surface area contributed by atoms with Crippen molar-refractivity contribution in [3.8, 4) is 28.0 Å². The Morgan fingerprint density at radius 3 is 2.69 bits per heavy atom. The molecule has 11 nitrogen and oxygen atoms in total. The van der Waals surface area contributed by atoms with Gasteiger partial charge in [0.15, 0.2) is 21.3 Å². The van der Waals surface area contributed by atoms with Crippen molar-refractivity contribution in [3.05, 3.63) is 64.9 Å². The molecule has 1 atom stereocenters. The van der Waals surface area contributed by atoms with E-state index in [1.807, 2.05) is 26.0 Å². The molecule has 0 unspecified atom stereocenters. The molecule has 1 saturated heterocycles. The van der Waals surface area contributed by atoms with E-state index in [-0.39, 0.29) is 40.6 Å². The lowest BCUT2D eigenvalue weighted by Gasteiger charge is -2.23. The summed E-state index contributed by atoms with van der Waals surface area (Å²) in [6, 6.07) is 6.85. The lowest BCUT2D eigenvalue weighted by atomic mass is 9.89. The maximum Gasteiger partial charge on any atom is 0.250 e. The Hall–Kier alpha value is -4.32. The van der Waals surface area contributed by atoms with Crippen molar-refractivity contribution >= 4 is 37.1 Å². The Kier molecular flexibility index (Phi) is 8.69. The van der Waals surface area contributed by atoms with Crippen LogP contribution in [0.25, 0.3) is 32.0 Å². The van der Waals surface area contributed by atoms with Crippen LogP contribution >= 0.6 is 11.3 Å². The second-order valence-corrected chi connectivity index (χ2v) is 15.7. The fraction of sp³-hybridized carbons (Fsp3) is 0.412. The number of nitriles is 1.